The number of benzene rings is 2. The van der Waals surface area contributed by atoms with E-state index in [1.165, 1.54) is 0 Å². The monoisotopic (exact) mass is 526 g/mol. The summed E-state index contributed by atoms with van der Waals surface area (Å²) in [6, 6.07) is 13.2. The zero-order valence-corrected chi connectivity index (χ0v) is 20.2. The Hall–Kier alpha value is -2.49. The van der Waals surface area contributed by atoms with E-state index in [1.807, 2.05) is 50.2 Å². The number of aliphatic imine (C=N–C) groups is 1. The molecule has 0 aromatic heterocycles. The van der Waals surface area contributed by atoms with Gasteiger partial charge in [0.2, 0.25) is 0 Å². The lowest BCUT2D eigenvalue weighted by molar-refractivity contribution is 0.0939. The minimum absolute atomic E-state index is 0. The molecule has 0 aliphatic rings. The van der Waals surface area contributed by atoms with Crippen LogP contribution in [0.5, 0.6) is 11.5 Å². The Morgan fingerprint density at radius 2 is 1.83 bits per heavy atom. The average molecular weight is 526 g/mol. The molecule has 1 atom stereocenters. The maximum Gasteiger partial charge on any atom is 0.251 e. The molecule has 0 saturated heterocycles. The number of halogens is 1. The van der Waals surface area contributed by atoms with Crippen LogP contribution in [0.4, 0.5) is 0 Å². The van der Waals surface area contributed by atoms with E-state index in [0.717, 1.165) is 17.5 Å². The van der Waals surface area contributed by atoms with Crippen molar-refractivity contribution in [3.8, 4) is 11.5 Å². The molecule has 4 N–H and O–H groups in total. The maximum atomic E-state index is 12.3. The van der Waals surface area contributed by atoms with E-state index in [4.69, 9.17) is 15.2 Å². The second-order valence-corrected chi connectivity index (χ2v) is 6.73. The van der Waals surface area contributed by atoms with E-state index in [-0.39, 0.29) is 35.9 Å². The summed E-state index contributed by atoms with van der Waals surface area (Å²) < 4.78 is 10.5. The van der Waals surface area contributed by atoms with E-state index in [1.54, 1.807) is 20.3 Å². The summed E-state index contributed by atoms with van der Waals surface area (Å²) >= 11 is 0. The Balaban J connectivity index is 0.00000450. The van der Waals surface area contributed by atoms with Crippen LogP contribution in [0, 0.1) is 0 Å². The summed E-state index contributed by atoms with van der Waals surface area (Å²) in [7, 11) is 3.20. The second-order valence-electron chi connectivity index (χ2n) is 6.73. The highest BCUT2D eigenvalue weighted by molar-refractivity contribution is 14.0. The Morgan fingerprint density at radius 3 is 2.50 bits per heavy atom. The molecule has 1 unspecified atom stereocenters. The van der Waals surface area contributed by atoms with Crippen LogP contribution in [0.1, 0.15) is 41.8 Å². The first-order chi connectivity index (χ1) is 14.0. The number of hydrogen-bond donors (Lipinski definition) is 3. The van der Waals surface area contributed by atoms with Crippen molar-refractivity contribution in [2.24, 2.45) is 10.7 Å². The molecule has 2 aromatic rings. The number of amides is 1. The van der Waals surface area contributed by atoms with Gasteiger partial charge in [0.1, 0.15) is 0 Å². The van der Waals surface area contributed by atoms with Crippen LogP contribution in [0.3, 0.4) is 0 Å². The molecule has 2 aromatic carbocycles. The van der Waals surface area contributed by atoms with Crippen LogP contribution in [-0.4, -0.2) is 32.1 Å². The maximum absolute atomic E-state index is 12.3. The fraction of sp³-hybridized carbons (Fsp3) is 0.364. The lowest BCUT2D eigenvalue weighted by Gasteiger charge is -2.12. The topological polar surface area (TPSA) is 98.0 Å². The van der Waals surface area contributed by atoms with E-state index >= 15 is 0 Å². The third kappa shape index (κ3) is 7.74. The van der Waals surface area contributed by atoms with Gasteiger partial charge in [0, 0.05) is 18.2 Å². The highest BCUT2D eigenvalue weighted by Crippen LogP contribution is 2.27. The molecule has 0 fully saturated rings. The normalized spacial score (nSPS) is 11.8. The third-order valence-corrected chi connectivity index (χ3v) is 4.53. The Labute approximate surface area is 195 Å². The molecule has 0 aliphatic heterocycles. The number of carbonyl (C=O) groups is 1. The summed E-state index contributed by atoms with van der Waals surface area (Å²) in [6.07, 6.45) is 0.887. The quantitative estimate of drug-likeness (QED) is 0.264. The zero-order chi connectivity index (χ0) is 21.2. The molecular weight excluding hydrogens is 495 g/mol. The molecule has 30 heavy (non-hydrogen) atoms. The minimum atomic E-state index is -0.0790. The van der Waals surface area contributed by atoms with E-state index in [9.17, 15) is 4.79 Å². The number of methoxy groups -OCH3 is 2. The van der Waals surface area contributed by atoms with E-state index in [0.29, 0.717) is 36.1 Å². The average Bonchev–Trinajstić information content (AvgIpc) is 2.75. The molecule has 0 heterocycles. The summed E-state index contributed by atoms with van der Waals surface area (Å²) in [5.74, 6) is 1.59. The zero-order valence-electron chi connectivity index (χ0n) is 17.9. The first-order valence-corrected chi connectivity index (χ1v) is 9.61. The lowest BCUT2D eigenvalue weighted by atomic mass is 10.1. The van der Waals surface area contributed by atoms with Crippen molar-refractivity contribution < 1.29 is 14.3 Å². The number of nitrogens with one attached hydrogen (secondary N) is 2. The lowest BCUT2D eigenvalue weighted by Crippen LogP contribution is -2.32. The van der Waals surface area contributed by atoms with Crippen molar-refractivity contribution in [1.82, 2.24) is 10.6 Å². The van der Waals surface area contributed by atoms with E-state index < -0.39 is 0 Å². The molecule has 1 amide bonds. The van der Waals surface area contributed by atoms with Gasteiger partial charge in [-0.1, -0.05) is 25.1 Å². The van der Waals surface area contributed by atoms with Crippen molar-refractivity contribution in [1.29, 1.82) is 0 Å². The van der Waals surface area contributed by atoms with Crippen LogP contribution in [0.2, 0.25) is 0 Å². The second kappa shape index (κ2) is 12.9. The van der Waals surface area contributed by atoms with Gasteiger partial charge in [-0.2, -0.15) is 0 Å². The van der Waals surface area contributed by atoms with Crippen LogP contribution in [0.15, 0.2) is 47.5 Å². The standard InChI is InChI=1S/C22H30N4O3.HI/c1-5-15(2)26-21(27)18-8-6-7-16(11-18)13-24-22(23)25-14-17-9-10-19(28-3)20(12-17)29-4;/h6-12,15H,5,13-14H2,1-4H3,(H,26,27)(H3,23,24,25);1H. The number of ether oxygens (including phenoxy) is 2. The van der Waals surface area contributed by atoms with Gasteiger partial charge in [-0.25, -0.2) is 4.99 Å². The Morgan fingerprint density at radius 1 is 1.10 bits per heavy atom. The molecule has 7 nitrogen and oxygen atoms in total. The first-order valence-electron chi connectivity index (χ1n) is 9.61. The molecule has 0 saturated carbocycles. The van der Waals surface area contributed by atoms with Crippen molar-refractivity contribution >= 4 is 35.8 Å². The summed E-state index contributed by atoms with van der Waals surface area (Å²) in [4.78, 5) is 16.6. The van der Waals surface area contributed by atoms with Crippen molar-refractivity contribution in [2.45, 2.75) is 39.4 Å². The molecule has 0 radical (unpaired) electrons. The molecule has 164 valence electrons. The van der Waals surface area contributed by atoms with Gasteiger partial charge >= 0.3 is 0 Å². The van der Waals surface area contributed by atoms with Crippen LogP contribution in [0.25, 0.3) is 0 Å². The SMILES string of the molecule is CCC(C)NC(=O)c1cccc(CN=C(N)NCc2ccc(OC)c(OC)c2)c1.I. The van der Waals surface area contributed by atoms with Crippen LogP contribution >= 0.6 is 24.0 Å². The summed E-state index contributed by atoms with van der Waals surface area (Å²) in [6.45, 7) is 4.91. The first kappa shape index (κ1) is 25.5. The number of guanidine groups is 1. The van der Waals surface area contributed by atoms with E-state index in [2.05, 4.69) is 15.6 Å². The molecule has 0 bridgehead atoms. The fourth-order valence-corrected chi connectivity index (χ4v) is 2.64. The van der Waals surface area contributed by atoms with Gasteiger partial charge in [0.05, 0.1) is 20.8 Å². The highest BCUT2D eigenvalue weighted by Gasteiger charge is 2.09. The summed E-state index contributed by atoms with van der Waals surface area (Å²) in [5.41, 5.74) is 8.51. The molecule has 8 heteroatoms. The largest absolute Gasteiger partial charge is 0.493 e. The van der Waals surface area contributed by atoms with Crippen molar-refractivity contribution in [3.63, 3.8) is 0 Å². The minimum Gasteiger partial charge on any atom is -0.493 e. The predicted octanol–water partition coefficient (Wildman–Crippen LogP) is 3.45. The van der Waals surface area contributed by atoms with Crippen molar-refractivity contribution in [3.05, 3.63) is 59.2 Å². The number of rotatable bonds is 9. The van der Waals surface area contributed by atoms with Crippen LogP contribution < -0.4 is 25.8 Å². The molecular formula is C22H31IN4O3. The smallest absolute Gasteiger partial charge is 0.251 e. The van der Waals surface area contributed by atoms with Gasteiger partial charge in [-0.3, -0.25) is 4.79 Å². The predicted molar refractivity (Wildman–Crippen MR) is 131 cm³/mol. The Kier molecular flexibility index (Phi) is 11.0. The summed E-state index contributed by atoms with van der Waals surface area (Å²) in [5, 5.41) is 6.04. The van der Waals surface area contributed by atoms with Crippen LogP contribution in [-0.2, 0) is 13.1 Å². The van der Waals surface area contributed by atoms with Gasteiger partial charge in [-0.05, 0) is 48.7 Å². The van der Waals surface area contributed by atoms with Gasteiger partial charge in [0.25, 0.3) is 5.91 Å². The van der Waals surface area contributed by atoms with Gasteiger partial charge < -0.3 is 25.8 Å². The Bertz CT molecular complexity index is 858. The van der Waals surface area contributed by atoms with Gasteiger partial charge in [-0.15, -0.1) is 24.0 Å². The number of carbonyl (C=O) groups excluding carboxylic acids is 1. The molecule has 0 aliphatic carbocycles. The fourth-order valence-electron chi connectivity index (χ4n) is 2.64. The van der Waals surface area contributed by atoms with Crippen molar-refractivity contribution in [2.75, 3.05) is 14.2 Å². The number of hydrogen-bond acceptors (Lipinski definition) is 4. The highest BCUT2D eigenvalue weighted by atomic mass is 127. The molecule has 0 spiro atoms. The number of nitrogens with zero attached hydrogens (tertiary/aromatic N) is 1. The third-order valence-electron chi connectivity index (χ3n) is 4.53. The molecule has 2 rings (SSSR count). The number of nitrogens with two attached hydrogens (primary N) is 1. The van der Waals surface area contributed by atoms with Gasteiger partial charge in [0.15, 0.2) is 17.5 Å².